The van der Waals surface area contributed by atoms with Gasteiger partial charge in [-0.3, -0.25) is 10.2 Å². The molecular formula is C13H11N3O2. The van der Waals surface area contributed by atoms with Crippen molar-refractivity contribution in [2.45, 2.75) is 0 Å². The third-order valence-electron chi connectivity index (χ3n) is 2.74. The zero-order chi connectivity index (χ0) is 12.5. The van der Waals surface area contributed by atoms with Crippen molar-refractivity contribution >= 4 is 17.0 Å². The average Bonchev–Trinajstić information content (AvgIpc) is 2.97. The minimum absolute atomic E-state index is 0.373. The highest BCUT2D eigenvalue weighted by Crippen LogP contribution is 2.27. The van der Waals surface area contributed by atoms with Gasteiger partial charge in [0.15, 0.2) is 5.58 Å². The normalized spacial score (nSPS) is 10.7. The lowest BCUT2D eigenvalue weighted by atomic mass is 10.2. The fourth-order valence-corrected chi connectivity index (χ4v) is 1.87. The molecule has 0 saturated heterocycles. The minimum Gasteiger partial charge on any atom is -0.454 e. The van der Waals surface area contributed by atoms with Gasteiger partial charge < -0.3 is 9.40 Å². The Bertz CT molecular complexity index is 666. The van der Waals surface area contributed by atoms with Crippen LogP contribution in [0.4, 0.5) is 0 Å². The van der Waals surface area contributed by atoms with Crippen molar-refractivity contribution in [2.75, 3.05) is 0 Å². The van der Waals surface area contributed by atoms with Crippen molar-refractivity contribution in [3.8, 4) is 11.3 Å². The van der Waals surface area contributed by atoms with Gasteiger partial charge >= 0.3 is 0 Å². The summed E-state index contributed by atoms with van der Waals surface area (Å²) in [6, 6.07) is 13.2. The maximum atomic E-state index is 11.3. The predicted molar refractivity (Wildman–Crippen MR) is 67.7 cm³/mol. The third kappa shape index (κ3) is 1.66. The number of nitrogens with two attached hydrogens (primary N) is 1. The molecule has 1 amide bonds. The van der Waals surface area contributed by atoms with Gasteiger partial charge in [0.25, 0.3) is 5.91 Å². The summed E-state index contributed by atoms with van der Waals surface area (Å²) >= 11 is 0. The molecule has 5 nitrogen and oxygen atoms in total. The lowest BCUT2D eigenvalue weighted by molar-refractivity contribution is 0.0949. The molecule has 0 aliphatic heterocycles. The summed E-state index contributed by atoms with van der Waals surface area (Å²) in [6.07, 6.45) is 0. The van der Waals surface area contributed by atoms with Crippen LogP contribution >= 0.6 is 0 Å². The molecular weight excluding hydrogens is 230 g/mol. The van der Waals surface area contributed by atoms with Crippen LogP contribution in [0.15, 0.2) is 46.9 Å². The summed E-state index contributed by atoms with van der Waals surface area (Å²) in [6.45, 7) is 0. The van der Waals surface area contributed by atoms with Crippen LogP contribution in [0, 0.1) is 0 Å². The number of carbonyl (C=O) groups excluding carboxylic acids is 1. The van der Waals surface area contributed by atoms with Crippen molar-refractivity contribution in [2.24, 2.45) is 5.84 Å². The van der Waals surface area contributed by atoms with Crippen molar-refractivity contribution in [3.63, 3.8) is 0 Å². The number of carbonyl (C=O) groups is 1. The van der Waals surface area contributed by atoms with Gasteiger partial charge in [-0.15, -0.1) is 0 Å². The highest BCUT2D eigenvalue weighted by atomic mass is 16.3. The molecule has 0 bridgehead atoms. The molecule has 0 spiro atoms. The van der Waals surface area contributed by atoms with Crippen LogP contribution in [-0.2, 0) is 0 Å². The number of hydrazine groups is 1. The van der Waals surface area contributed by atoms with Crippen LogP contribution in [0.5, 0.6) is 0 Å². The second-order valence-corrected chi connectivity index (χ2v) is 3.91. The molecule has 18 heavy (non-hydrogen) atoms. The highest BCUT2D eigenvalue weighted by molar-refractivity contribution is 5.97. The predicted octanol–water partition coefficient (Wildman–Crippen LogP) is 2.03. The number of nitrogen functional groups attached to an aromatic ring is 1. The van der Waals surface area contributed by atoms with Crippen LogP contribution < -0.4 is 11.3 Å². The monoisotopic (exact) mass is 241 g/mol. The third-order valence-corrected chi connectivity index (χ3v) is 2.74. The van der Waals surface area contributed by atoms with E-state index < -0.39 is 0 Å². The van der Waals surface area contributed by atoms with Gasteiger partial charge in [-0.1, -0.05) is 30.3 Å². The van der Waals surface area contributed by atoms with Gasteiger partial charge in [0.1, 0.15) is 11.5 Å². The van der Waals surface area contributed by atoms with Crippen LogP contribution in [0.1, 0.15) is 10.5 Å². The lowest BCUT2D eigenvalue weighted by Gasteiger charge is -1.95. The van der Waals surface area contributed by atoms with Gasteiger partial charge in [0, 0.05) is 17.7 Å². The van der Waals surface area contributed by atoms with E-state index in [4.69, 9.17) is 10.3 Å². The minimum atomic E-state index is -0.373. The van der Waals surface area contributed by atoms with E-state index >= 15 is 0 Å². The number of nitrogens with one attached hydrogen (secondary N) is 2. The van der Waals surface area contributed by atoms with E-state index in [1.54, 1.807) is 6.07 Å². The number of rotatable bonds is 2. The molecule has 5 heteroatoms. The number of aromatic nitrogens is 1. The number of amides is 1. The molecule has 0 atom stereocenters. The largest absolute Gasteiger partial charge is 0.454 e. The molecule has 0 saturated carbocycles. The number of H-pyrrole nitrogens is 1. The number of hydrogen-bond acceptors (Lipinski definition) is 3. The SMILES string of the molecule is NNC(=O)c1cc2oc(-c3ccccc3)cc2[nH]1. The first kappa shape index (κ1) is 10.6. The number of aromatic amines is 1. The molecule has 3 aromatic rings. The fraction of sp³-hybridized carbons (Fsp3) is 0. The van der Waals surface area contributed by atoms with Crippen molar-refractivity contribution in [1.82, 2.24) is 10.4 Å². The molecule has 0 fully saturated rings. The van der Waals surface area contributed by atoms with E-state index in [-0.39, 0.29) is 5.91 Å². The maximum absolute atomic E-state index is 11.3. The number of hydrogen-bond donors (Lipinski definition) is 3. The number of fused-ring (bicyclic) bond motifs is 1. The summed E-state index contributed by atoms with van der Waals surface area (Å²) in [5.41, 5.74) is 4.84. The average molecular weight is 241 g/mol. The van der Waals surface area contributed by atoms with E-state index in [9.17, 15) is 4.79 Å². The zero-order valence-corrected chi connectivity index (χ0v) is 9.44. The smallest absolute Gasteiger partial charge is 0.281 e. The van der Waals surface area contributed by atoms with E-state index in [1.807, 2.05) is 36.4 Å². The first-order valence-electron chi connectivity index (χ1n) is 5.47. The Labute approximate surface area is 103 Å². The number of benzene rings is 1. The molecule has 3 rings (SSSR count). The van der Waals surface area contributed by atoms with Crippen molar-refractivity contribution < 1.29 is 9.21 Å². The molecule has 0 aliphatic carbocycles. The number of furan rings is 1. The second kappa shape index (κ2) is 4.05. The van der Waals surface area contributed by atoms with E-state index in [2.05, 4.69) is 10.4 Å². The Morgan fingerprint density at radius 3 is 2.67 bits per heavy atom. The Hall–Kier alpha value is -2.53. The Morgan fingerprint density at radius 1 is 1.22 bits per heavy atom. The van der Waals surface area contributed by atoms with Gasteiger partial charge in [-0.2, -0.15) is 0 Å². The first-order chi connectivity index (χ1) is 8.78. The molecule has 0 aliphatic rings. The Morgan fingerprint density at radius 2 is 2.00 bits per heavy atom. The van der Waals surface area contributed by atoms with Crippen LogP contribution in [0.2, 0.25) is 0 Å². The maximum Gasteiger partial charge on any atom is 0.281 e. The molecule has 4 N–H and O–H groups in total. The van der Waals surface area contributed by atoms with Gasteiger partial charge in [0.05, 0.1) is 5.52 Å². The lowest BCUT2D eigenvalue weighted by Crippen LogP contribution is -2.30. The Balaban J connectivity index is 2.04. The summed E-state index contributed by atoms with van der Waals surface area (Å²) in [7, 11) is 0. The second-order valence-electron chi connectivity index (χ2n) is 3.91. The van der Waals surface area contributed by atoms with Crippen LogP contribution in [0.3, 0.4) is 0 Å². The van der Waals surface area contributed by atoms with Crippen molar-refractivity contribution in [1.29, 1.82) is 0 Å². The Kier molecular flexibility index (Phi) is 2.39. The highest BCUT2D eigenvalue weighted by Gasteiger charge is 2.12. The molecule has 2 aromatic heterocycles. The van der Waals surface area contributed by atoms with E-state index in [0.717, 1.165) is 16.8 Å². The molecule has 90 valence electrons. The standard InChI is InChI=1S/C13H11N3O2/c14-16-13(17)10-7-12-9(15-10)6-11(18-12)8-4-2-1-3-5-8/h1-7,15H,14H2,(H,16,17). The molecule has 0 unspecified atom stereocenters. The van der Waals surface area contributed by atoms with Crippen molar-refractivity contribution in [3.05, 3.63) is 48.2 Å². The van der Waals surface area contributed by atoms with Gasteiger partial charge in [-0.05, 0) is 0 Å². The summed E-state index contributed by atoms with van der Waals surface area (Å²) in [5.74, 6) is 5.45. The fourth-order valence-electron chi connectivity index (χ4n) is 1.87. The summed E-state index contributed by atoms with van der Waals surface area (Å²) < 4.78 is 5.68. The molecule has 2 heterocycles. The topological polar surface area (TPSA) is 84.0 Å². The van der Waals surface area contributed by atoms with E-state index in [0.29, 0.717) is 11.3 Å². The summed E-state index contributed by atoms with van der Waals surface area (Å²) in [4.78, 5) is 14.3. The van der Waals surface area contributed by atoms with Crippen LogP contribution in [0.25, 0.3) is 22.4 Å². The zero-order valence-electron chi connectivity index (χ0n) is 9.44. The van der Waals surface area contributed by atoms with Crippen LogP contribution in [-0.4, -0.2) is 10.9 Å². The van der Waals surface area contributed by atoms with Gasteiger partial charge in [-0.25, -0.2) is 5.84 Å². The van der Waals surface area contributed by atoms with Gasteiger partial charge in [0.2, 0.25) is 0 Å². The quantitative estimate of drug-likeness (QED) is 0.364. The summed E-state index contributed by atoms with van der Waals surface area (Å²) in [5, 5.41) is 0. The molecule has 0 radical (unpaired) electrons. The van der Waals surface area contributed by atoms with E-state index in [1.165, 1.54) is 0 Å². The first-order valence-corrected chi connectivity index (χ1v) is 5.47. The molecule has 1 aromatic carbocycles.